The molecule has 1 aliphatic heterocycles. The lowest BCUT2D eigenvalue weighted by atomic mass is 9.92. The number of rotatable bonds is 3. The molecule has 1 saturated heterocycles. The molecule has 3 atom stereocenters. The zero-order chi connectivity index (χ0) is 9.68. The summed E-state index contributed by atoms with van der Waals surface area (Å²) in [6, 6.07) is 0. The standard InChI is InChI=1S/C11H18O2/c1-3-5-6-10(12)9-7-8-13-11(9)4-2/h9-12H,4,6-8H2,1-2H3. The van der Waals surface area contributed by atoms with Crippen molar-refractivity contribution in [2.45, 2.75) is 45.3 Å². The predicted octanol–water partition coefficient (Wildman–Crippen LogP) is 1.58. The zero-order valence-electron chi connectivity index (χ0n) is 8.42. The van der Waals surface area contributed by atoms with Gasteiger partial charge < -0.3 is 9.84 Å². The molecule has 0 aromatic rings. The second-order valence-electron chi connectivity index (χ2n) is 3.47. The van der Waals surface area contributed by atoms with E-state index in [2.05, 4.69) is 18.8 Å². The number of ether oxygens (including phenoxy) is 1. The largest absolute Gasteiger partial charge is 0.392 e. The predicted molar refractivity (Wildman–Crippen MR) is 52.2 cm³/mol. The molecular weight excluding hydrogens is 164 g/mol. The van der Waals surface area contributed by atoms with Crippen LogP contribution in [0.15, 0.2) is 0 Å². The summed E-state index contributed by atoms with van der Waals surface area (Å²) in [6.45, 7) is 4.69. The van der Waals surface area contributed by atoms with E-state index < -0.39 is 0 Å². The van der Waals surface area contributed by atoms with Gasteiger partial charge >= 0.3 is 0 Å². The van der Waals surface area contributed by atoms with Crippen molar-refractivity contribution in [2.24, 2.45) is 5.92 Å². The van der Waals surface area contributed by atoms with Crippen molar-refractivity contribution in [1.29, 1.82) is 0 Å². The van der Waals surface area contributed by atoms with Gasteiger partial charge in [-0.3, -0.25) is 0 Å². The average Bonchev–Trinajstić information content (AvgIpc) is 2.61. The maximum Gasteiger partial charge on any atom is 0.0703 e. The molecule has 1 heterocycles. The minimum atomic E-state index is -0.306. The Balaban J connectivity index is 2.43. The van der Waals surface area contributed by atoms with Crippen LogP contribution in [0.4, 0.5) is 0 Å². The summed E-state index contributed by atoms with van der Waals surface area (Å²) >= 11 is 0. The SMILES string of the molecule is CC#CCC(O)C1CCOC1CC. The first kappa shape index (κ1) is 10.6. The minimum absolute atomic E-state index is 0.244. The van der Waals surface area contributed by atoms with Gasteiger partial charge in [-0.1, -0.05) is 6.92 Å². The molecule has 3 unspecified atom stereocenters. The van der Waals surface area contributed by atoms with Crippen molar-refractivity contribution in [1.82, 2.24) is 0 Å². The Bertz CT molecular complexity index is 202. The smallest absolute Gasteiger partial charge is 0.0703 e. The molecule has 0 spiro atoms. The lowest BCUT2D eigenvalue weighted by Crippen LogP contribution is -2.27. The summed E-state index contributed by atoms with van der Waals surface area (Å²) < 4.78 is 5.51. The molecule has 1 aliphatic rings. The number of hydrogen-bond donors (Lipinski definition) is 1. The summed E-state index contributed by atoms with van der Waals surface area (Å²) in [5.41, 5.74) is 0. The van der Waals surface area contributed by atoms with Gasteiger partial charge in [0, 0.05) is 18.9 Å². The summed E-state index contributed by atoms with van der Waals surface area (Å²) in [6.07, 6.45) is 2.49. The fourth-order valence-electron chi connectivity index (χ4n) is 1.88. The van der Waals surface area contributed by atoms with Gasteiger partial charge in [-0.2, -0.15) is 0 Å². The van der Waals surface area contributed by atoms with Gasteiger partial charge in [0.25, 0.3) is 0 Å². The van der Waals surface area contributed by atoms with E-state index in [1.54, 1.807) is 6.92 Å². The van der Waals surface area contributed by atoms with Crippen molar-refractivity contribution in [3.05, 3.63) is 0 Å². The Hall–Kier alpha value is -0.520. The van der Waals surface area contributed by atoms with E-state index in [0.29, 0.717) is 12.3 Å². The van der Waals surface area contributed by atoms with E-state index in [-0.39, 0.29) is 12.2 Å². The van der Waals surface area contributed by atoms with E-state index in [1.807, 2.05) is 0 Å². The molecule has 1 N–H and O–H groups in total. The highest BCUT2D eigenvalue weighted by Gasteiger charge is 2.31. The van der Waals surface area contributed by atoms with Crippen molar-refractivity contribution in [3.8, 4) is 11.8 Å². The molecule has 0 radical (unpaired) electrons. The molecule has 0 aliphatic carbocycles. The van der Waals surface area contributed by atoms with Crippen LogP contribution < -0.4 is 0 Å². The lowest BCUT2D eigenvalue weighted by molar-refractivity contribution is 0.0337. The normalized spacial score (nSPS) is 29.5. The maximum absolute atomic E-state index is 9.80. The van der Waals surface area contributed by atoms with Gasteiger partial charge in [0.05, 0.1) is 12.2 Å². The van der Waals surface area contributed by atoms with Gasteiger partial charge in [-0.25, -0.2) is 0 Å². The molecular formula is C11H18O2. The van der Waals surface area contributed by atoms with Crippen LogP contribution in [0.3, 0.4) is 0 Å². The quantitative estimate of drug-likeness (QED) is 0.671. The van der Waals surface area contributed by atoms with Gasteiger partial charge in [0.1, 0.15) is 0 Å². The molecule has 0 bridgehead atoms. The first-order valence-corrected chi connectivity index (χ1v) is 4.98. The summed E-state index contributed by atoms with van der Waals surface area (Å²) in [5.74, 6) is 6.02. The third kappa shape index (κ3) is 2.72. The zero-order valence-corrected chi connectivity index (χ0v) is 8.42. The van der Waals surface area contributed by atoms with Crippen LogP contribution in [-0.4, -0.2) is 23.9 Å². The van der Waals surface area contributed by atoms with E-state index in [0.717, 1.165) is 19.4 Å². The van der Waals surface area contributed by atoms with Crippen LogP contribution in [0.1, 0.15) is 33.1 Å². The number of aliphatic hydroxyl groups is 1. The summed E-state index contributed by atoms with van der Waals surface area (Å²) in [7, 11) is 0. The summed E-state index contributed by atoms with van der Waals surface area (Å²) in [5, 5.41) is 9.80. The van der Waals surface area contributed by atoms with Crippen LogP contribution in [0.25, 0.3) is 0 Å². The van der Waals surface area contributed by atoms with Gasteiger partial charge in [0.15, 0.2) is 0 Å². The molecule has 0 aromatic heterocycles. The Morgan fingerprint density at radius 3 is 3.00 bits per heavy atom. The molecule has 0 aromatic carbocycles. The molecule has 2 nitrogen and oxygen atoms in total. The number of aliphatic hydroxyl groups excluding tert-OH is 1. The lowest BCUT2D eigenvalue weighted by Gasteiger charge is -2.20. The highest BCUT2D eigenvalue weighted by molar-refractivity contribution is 4.98. The minimum Gasteiger partial charge on any atom is -0.392 e. The van der Waals surface area contributed by atoms with Gasteiger partial charge in [0.2, 0.25) is 0 Å². The Labute approximate surface area is 80.3 Å². The van der Waals surface area contributed by atoms with E-state index in [9.17, 15) is 5.11 Å². The van der Waals surface area contributed by atoms with Gasteiger partial charge in [-0.15, -0.1) is 11.8 Å². The molecule has 0 saturated carbocycles. The van der Waals surface area contributed by atoms with E-state index in [4.69, 9.17) is 4.74 Å². The Kier molecular flexibility index (Phi) is 4.27. The molecule has 2 heteroatoms. The van der Waals surface area contributed by atoms with Crippen LogP contribution >= 0.6 is 0 Å². The molecule has 1 fully saturated rings. The van der Waals surface area contributed by atoms with Crippen LogP contribution in [0, 0.1) is 17.8 Å². The van der Waals surface area contributed by atoms with Crippen molar-refractivity contribution in [2.75, 3.05) is 6.61 Å². The number of hydrogen-bond acceptors (Lipinski definition) is 2. The Morgan fingerprint density at radius 2 is 2.38 bits per heavy atom. The molecule has 74 valence electrons. The van der Waals surface area contributed by atoms with Crippen molar-refractivity contribution >= 4 is 0 Å². The van der Waals surface area contributed by atoms with E-state index >= 15 is 0 Å². The molecule has 0 amide bonds. The Morgan fingerprint density at radius 1 is 1.62 bits per heavy atom. The maximum atomic E-state index is 9.80. The third-order valence-electron chi connectivity index (χ3n) is 2.65. The first-order valence-electron chi connectivity index (χ1n) is 4.98. The van der Waals surface area contributed by atoms with Crippen LogP contribution in [-0.2, 0) is 4.74 Å². The summed E-state index contributed by atoms with van der Waals surface area (Å²) in [4.78, 5) is 0. The average molecular weight is 182 g/mol. The highest BCUT2D eigenvalue weighted by atomic mass is 16.5. The molecule has 1 rings (SSSR count). The van der Waals surface area contributed by atoms with Crippen molar-refractivity contribution in [3.63, 3.8) is 0 Å². The fourth-order valence-corrected chi connectivity index (χ4v) is 1.88. The van der Waals surface area contributed by atoms with E-state index in [1.165, 1.54) is 0 Å². The fraction of sp³-hybridized carbons (Fsp3) is 0.818. The highest BCUT2D eigenvalue weighted by Crippen LogP contribution is 2.27. The topological polar surface area (TPSA) is 29.5 Å². The third-order valence-corrected chi connectivity index (χ3v) is 2.65. The van der Waals surface area contributed by atoms with Crippen LogP contribution in [0.5, 0.6) is 0 Å². The molecule has 13 heavy (non-hydrogen) atoms. The van der Waals surface area contributed by atoms with Crippen molar-refractivity contribution < 1.29 is 9.84 Å². The first-order chi connectivity index (χ1) is 6.29. The second-order valence-corrected chi connectivity index (χ2v) is 3.47. The monoisotopic (exact) mass is 182 g/mol. The second kappa shape index (κ2) is 5.26. The van der Waals surface area contributed by atoms with Crippen LogP contribution in [0.2, 0.25) is 0 Å². The van der Waals surface area contributed by atoms with Gasteiger partial charge in [-0.05, 0) is 19.8 Å².